The standard InChI is InChI=1S/C3H10N4O/c4-6-2-1-3(8)7-5/h6H,1-2,4-5H2,(H,7,8). The van der Waals surface area contributed by atoms with Crippen molar-refractivity contribution >= 4 is 5.91 Å². The Morgan fingerprint density at radius 3 is 2.50 bits per heavy atom. The van der Waals surface area contributed by atoms with E-state index in [0.717, 1.165) is 0 Å². The first-order chi connectivity index (χ1) is 3.81. The van der Waals surface area contributed by atoms with Gasteiger partial charge in [0.1, 0.15) is 0 Å². The van der Waals surface area contributed by atoms with Crippen molar-refractivity contribution in [3.05, 3.63) is 0 Å². The maximum absolute atomic E-state index is 10.2. The first-order valence-electron chi connectivity index (χ1n) is 2.24. The molecule has 1 amide bonds. The minimum absolute atomic E-state index is 0.219. The first-order valence-corrected chi connectivity index (χ1v) is 2.24. The lowest BCUT2D eigenvalue weighted by molar-refractivity contribution is -0.121. The molecule has 48 valence electrons. The third kappa shape index (κ3) is 3.54. The van der Waals surface area contributed by atoms with E-state index in [-0.39, 0.29) is 5.91 Å². The lowest BCUT2D eigenvalue weighted by Crippen LogP contribution is -2.34. The Morgan fingerprint density at radius 2 is 2.12 bits per heavy atom. The fourth-order valence-electron chi connectivity index (χ4n) is 0.258. The van der Waals surface area contributed by atoms with Crippen molar-refractivity contribution in [1.29, 1.82) is 0 Å². The quantitative estimate of drug-likeness (QED) is 0.193. The van der Waals surface area contributed by atoms with Crippen LogP contribution in [0.25, 0.3) is 0 Å². The van der Waals surface area contributed by atoms with Gasteiger partial charge in [0.05, 0.1) is 0 Å². The maximum Gasteiger partial charge on any atom is 0.235 e. The number of amides is 1. The van der Waals surface area contributed by atoms with Crippen molar-refractivity contribution < 1.29 is 4.79 Å². The molecule has 0 saturated carbocycles. The zero-order chi connectivity index (χ0) is 6.41. The fourth-order valence-corrected chi connectivity index (χ4v) is 0.258. The summed E-state index contributed by atoms with van der Waals surface area (Å²) in [4.78, 5) is 10.2. The zero-order valence-corrected chi connectivity index (χ0v) is 4.48. The number of carbonyl (C=O) groups is 1. The molecular weight excluding hydrogens is 108 g/mol. The highest BCUT2D eigenvalue weighted by Crippen LogP contribution is 1.69. The Labute approximate surface area is 47.4 Å². The minimum atomic E-state index is -0.219. The van der Waals surface area contributed by atoms with E-state index in [4.69, 9.17) is 11.7 Å². The second-order valence-corrected chi connectivity index (χ2v) is 1.27. The van der Waals surface area contributed by atoms with Crippen molar-refractivity contribution in [2.45, 2.75) is 6.42 Å². The molecule has 0 aliphatic heterocycles. The van der Waals surface area contributed by atoms with E-state index in [1.807, 2.05) is 5.43 Å². The summed E-state index contributed by atoms with van der Waals surface area (Å²) in [6.07, 6.45) is 0.312. The van der Waals surface area contributed by atoms with Crippen LogP contribution in [-0.2, 0) is 4.79 Å². The molecule has 0 aliphatic carbocycles. The summed E-state index contributed by atoms with van der Waals surface area (Å²) in [7, 11) is 0. The predicted octanol–water partition coefficient (Wildman–Crippen LogP) is -2.17. The average Bonchev–Trinajstić information content (AvgIpc) is 1.83. The summed E-state index contributed by atoms with van der Waals surface area (Å²) in [6, 6.07) is 0. The molecule has 0 fully saturated rings. The zero-order valence-electron chi connectivity index (χ0n) is 4.48. The monoisotopic (exact) mass is 118 g/mol. The average molecular weight is 118 g/mol. The smallest absolute Gasteiger partial charge is 0.235 e. The molecule has 0 aromatic carbocycles. The highest BCUT2D eigenvalue weighted by Gasteiger charge is 1.92. The first kappa shape index (κ1) is 7.35. The fraction of sp³-hybridized carbons (Fsp3) is 0.667. The Morgan fingerprint density at radius 1 is 1.50 bits per heavy atom. The molecule has 0 atom stereocenters. The van der Waals surface area contributed by atoms with Crippen LogP contribution >= 0.6 is 0 Å². The number of nitrogens with two attached hydrogens (primary N) is 2. The number of carbonyl (C=O) groups excluding carboxylic acids is 1. The largest absolute Gasteiger partial charge is 0.294 e. The van der Waals surface area contributed by atoms with Crippen LogP contribution in [0.5, 0.6) is 0 Å². The molecular formula is C3H10N4O. The molecule has 6 N–H and O–H groups in total. The molecule has 0 aliphatic rings. The molecule has 0 spiro atoms. The van der Waals surface area contributed by atoms with Crippen molar-refractivity contribution in [3.8, 4) is 0 Å². The van der Waals surface area contributed by atoms with Crippen LogP contribution in [0.4, 0.5) is 0 Å². The van der Waals surface area contributed by atoms with E-state index in [9.17, 15) is 4.79 Å². The summed E-state index contributed by atoms with van der Waals surface area (Å²) >= 11 is 0. The normalized spacial score (nSPS) is 8.75. The van der Waals surface area contributed by atoms with Crippen LogP contribution in [0, 0.1) is 0 Å². The lowest BCUT2D eigenvalue weighted by Gasteiger charge is -1.95. The highest BCUT2D eigenvalue weighted by atomic mass is 16.2. The third-order valence-corrected chi connectivity index (χ3v) is 0.657. The van der Waals surface area contributed by atoms with E-state index < -0.39 is 0 Å². The molecule has 0 unspecified atom stereocenters. The summed E-state index contributed by atoms with van der Waals surface area (Å²) in [5.41, 5.74) is 4.28. The van der Waals surface area contributed by atoms with Crippen molar-refractivity contribution in [2.24, 2.45) is 11.7 Å². The van der Waals surface area contributed by atoms with Gasteiger partial charge in [0, 0.05) is 13.0 Å². The highest BCUT2D eigenvalue weighted by molar-refractivity contribution is 5.75. The van der Waals surface area contributed by atoms with Gasteiger partial charge in [-0.25, -0.2) is 5.84 Å². The van der Waals surface area contributed by atoms with Crippen LogP contribution in [0.1, 0.15) is 6.42 Å². The summed E-state index contributed by atoms with van der Waals surface area (Å²) in [6.45, 7) is 0.447. The molecule has 0 radical (unpaired) electrons. The molecule has 0 bridgehead atoms. The van der Waals surface area contributed by atoms with E-state index >= 15 is 0 Å². The second kappa shape index (κ2) is 4.51. The van der Waals surface area contributed by atoms with Gasteiger partial charge in [0.2, 0.25) is 5.91 Å². The van der Waals surface area contributed by atoms with Crippen LogP contribution < -0.4 is 22.5 Å². The van der Waals surface area contributed by atoms with Gasteiger partial charge in [-0.2, -0.15) is 0 Å². The number of hydrazine groups is 2. The summed E-state index contributed by atoms with van der Waals surface area (Å²) < 4.78 is 0. The second-order valence-electron chi connectivity index (χ2n) is 1.27. The molecule has 0 aromatic rings. The van der Waals surface area contributed by atoms with Crippen LogP contribution in [0.3, 0.4) is 0 Å². The molecule has 0 heterocycles. The van der Waals surface area contributed by atoms with Gasteiger partial charge < -0.3 is 0 Å². The number of hydrogen-bond donors (Lipinski definition) is 4. The molecule has 5 heteroatoms. The Bertz CT molecular complexity index is 73.7. The Balaban J connectivity index is 2.99. The minimum Gasteiger partial charge on any atom is -0.294 e. The Hall–Kier alpha value is -0.650. The van der Waals surface area contributed by atoms with Crippen LogP contribution in [0.2, 0.25) is 0 Å². The molecule has 8 heavy (non-hydrogen) atoms. The van der Waals surface area contributed by atoms with Crippen LogP contribution in [-0.4, -0.2) is 12.5 Å². The van der Waals surface area contributed by atoms with E-state index in [1.54, 1.807) is 0 Å². The maximum atomic E-state index is 10.2. The van der Waals surface area contributed by atoms with Gasteiger partial charge in [-0.05, 0) is 0 Å². The third-order valence-electron chi connectivity index (χ3n) is 0.657. The van der Waals surface area contributed by atoms with E-state index in [2.05, 4.69) is 5.43 Å². The molecule has 0 rings (SSSR count). The van der Waals surface area contributed by atoms with Crippen LogP contribution in [0.15, 0.2) is 0 Å². The topological polar surface area (TPSA) is 93.2 Å². The van der Waals surface area contributed by atoms with Gasteiger partial charge in [0.15, 0.2) is 0 Å². The number of rotatable bonds is 3. The van der Waals surface area contributed by atoms with Gasteiger partial charge in [-0.3, -0.25) is 21.5 Å². The predicted molar refractivity (Wildman–Crippen MR) is 29.1 cm³/mol. The molecule has 0 saturated heterocycles. The number of hydrogen-bond acceptors (Lipinski definition) is 4. The molecule has 0 aromatic heterocycles. The van der Waals surface area contributed by atoms with Crippen molar-refractivity contribution in [3.63, 3.8) is 0 Å². The van der Waals surface area contributed by atoms with Crippen molar-refractivity contribution in [2.75, 3.05) is 6.54 Å². The van der Waals surface area contributed by atoms with Crippen molar-refractivity contribution in [1.82, 2.24) is 10.9 Å². The van der Waals surface area contributed by atoms with E-state index in [0.29, 0.717) is 13.0 Å². The van der Waals surface area contributed by atoms with E-state index in [1.165, 1.54) is 0 Å². The SMILES string of the molecule is NNCCC(=O)NN. The summed E-state index contributed by atoms with van der Waals surface area (Å²) in [5.74, 6) is 9.39. The lowest BCUT2D eigenvalue weighted by atomic mass is 10.4. The Kier molecular flexibility index (Phi) is 4.14. The molecule has 5 nitrogen and oxygen atoms in total. The van der Waals surface area contributed by atoms with Gasteiger partial charge in [-0.1, -0.05) is 0 Å². The van der Waals surface area contributed by atoms with Gasteiger partial charge in [-0.15, -0.1) is 0 Å². The van der Waals surface area contributed by atoms with Gasteiger partial charge >= 0.3 is 0 Å². The summed E-state index contributed by atoms with van der Waals surface area (Å²) in [5, 5.41) is 0. The number of nitrogens with one attached hydrogen (secondary N) is 2. The van der Waals surface area contributed by atoms with Gasteiger partial charge in [0.25, 0.3) is 0 Å².